The van der Waals surface area contributed by atoms with E-state index in [1.54, 1.807) is 0 Å². The van der Waals surface area contributed by atoms with Gasteiger partial charge in [-0.3, -0.25) is 4.68 Å². The minimum atomic E-state index is 0.657. The van der Waals surface area contributed by atoms with Crippen LogP contribution in [0, 0.1) is 5.92 Å². The fraction of sp³-hybridized carbons (Fsp3) is 0.750. The van der Waals surface area contributed by atoms with Gasteiger partial charge in [0.1, 0.15) is 0 Å². The lowest BCUT2D eigenvalue weighted by Gasteiger charge is -2.29. The minimum Gasteiger partial charge on any atom is -0.330 e. The molecule has 0 aliphatic heterocycles. The molecule has 0 radical (unpaired) electrons. The normalized spacial score (nSPS) is 26.8. The largest absolute Gasteiger partial charge is 0.330 e. The van der Waals surface area contributed by atoms with E-state index in [-0.39, 0.29) is 0 Å². The topological polar surface area (TPSA) is 43.8 Å². The van der Waals surface area contributed by atoms with E-state index in [0.29, 0.717) is 11.8 Å². The van der Waals surface area contributed by atoms with E-state index in [1.807, 2.05) is 10.9 Å². The third-order valence-electron chi connectivity index (χ3n) is 3.62. The van der Waals surface area contributed by atoms with Crippen molar-refractivity contribution in [1.82, 2.24) is 9.78 Å². The van der Waals surface area contributed by atoms with E-state index in [0.717, 1.165) is 13.1 Å². The number of nitrogens with zero attached hydrogens (tertiary/aromatic N) is 2. The number of hydrogen-bond donors (Lipinski definition) is 1. The first kappa shape index (κ1) is 10.7. The monoisotopic (exact) mass is 207 g/mol. The molecule has 1 aliphatic carbocycles. The summed E-state index contributed by atoms with van der Waals surface area (Å²) in [5.74, 6) is 1.33. The second-order valence-electron chi connectivity index (χ2n) is 4.52. The predicted octanol–water partition coefficient (Wildman–Crippen LogP) is 2.14. The first-order chi connectivity index (χ1) is 7.35. The van der Waals surface area contributed by atoms with Crippen LogP contribution in [0.5, 0.6) is 0 Å². The van der Waals surface area contributed by atoms with Gasteiger partial charge in [0.2, 0.25) is 0 Å². The van der Waals surface area contributed by atoms with Crippen LogP contribution >= 0.6 is 0 Å². The van der Waals surface area contributed by atoms with E-state index in [1.165, 1.54) is 31.2 Å². The molecule has 1 fully saturated rings. The molecule has 1 heterocycles. The predicted molar refractivity (Wildman–Crippen MR) is 61.7 cm³/mol. The van der Waals surface area contributed by atoms with Crippen LogP contribution in [0.2, 0.25) is 0 Å². The first-order valence-corrected chi connectivity index (χ1v) is 6.07. The van der Waals surface area contributed by atoms with Crippen molar-refractivity contribution in [3.63, 3.8) is 0 Å². The quantitative estimate of drug-likeness (QED) is 0.825. The van der Waals surface area contributed by atoms with Gasteiger partial charge in [0.15, 0.2) is 0 Å². The Balaban J connectivity index is 2.12. The summed E-state index contributed by atoms with van der Waals surface area (Å²) in [5.41, 5.74) is 7.24. The van der Waals surface area contributed by atoms with Crippen LogP contribution in [0.4, 0.5) is 0 Å². The molecule has 2 atom stereocenters. The lowest BCUT2D eigenvalue weighted by Crippen LogP contribution is -2.25. The van der Waals surface area contributed by atoms with Gasteiger partial charge in [-0.1, -0.05) is 12.8 Å². The van der Waals surface area contributed by atoms with E-state index in [4.69, 9.17) is 5.73 Å². The first-order valence-electron chi connectivity index (χ1n) is 6.07. The number of aryl methyl sites for hydroxylation is 1. The number of rotatable bonds is 3. The lowest BCUT2D eigenvalue weighted by atomic mass is 9.76. The zero-order valence-corrected chi connectivity index (χ0v) is 9.52. The van der Waals surface area contributed by atoms with Crippen LogP contribution in [-0.2, 0) is 6.54 Å². The van der Waals surface area contributed by atoms with Crippen molar-refractivity contribution >= 4 is 0 Å². The van der Waals surface area contributed by atoms with Gasteiger partial charge >= 0.3 is 0 Å². The van der Waals surface area contributed by atoms with Crippen molar-refractivity contribution in [3.05, 3.63) is 18.0 Å². The molecule has 2 unspecified atom stereocenters. The van der Waals surface area contributed by atoms with Crippen molar-refractivity contribution in [2.24, 2.45) is 11.7 Å². The molecule has 2 rings (SSSR count). The van der Waals surface area contributed by atoms with Crippen LogP contribution in [0.3, 0.4) is 0 Å². The molecule has 0 spiro atoms. The van der Waals surface area contributed by atoms with Crippen LogP contribution < -0.4 is 5.73 Å². The maximum absolute atomic E-state index is 5.84. The minimum absolute atomic E-state index is 0.657. The van der Waals surface area contributed by atoms with Gasteiger partial charge in [-0.2, -0.15) is 5.10 Å². The summed E-state index contributed by atoms with van der Waals surface area (Å²) in [4.78, 5) is 0. The molecule has 0 bridgehead atoms. The molecule has 1 aromatic heterocycles. The fourth-order valence-electron chi connectivity index (χ4n) is 2.67. The Morgan fingerprint density at radius 1 is 1.47 bits per heavy atom. The maximum Gasteiger partial charge on any atom is 0.0524 e. The molecular weight excluding hydrogens is 186 g/mol. The molecule has 1 aromatic rings. The standard InChI is InChI=1S/C12H21N3/c1-2-15-9-11(8-14-15)12-6-4-3-5-10(12)7-13/h8-10,12H,2-7,13H2,1H3. The summed E-state index contributed by atoms with van der Waals surface area (Å²) in [5, 5.41) is 4.35. The second kappa shape index (κ2) is 4.79. The van der Waals surface area contributed by atoms with Gasteiger partial charge in [0, 0.05) is 12.7 Å². The van der Waals surface area contributed by atoms with E-state index in [2.05, 4.69) is 18.2 Å². The highest BCUT2D eigenvalue weighted by molar-refractivity contribution is 5.13. The Bertz CT molecular complexity index is 306. The summed E-state index contributed by atoms with van der Waals surface area (Å²) < 4.78 is 2.01. The molecule has 2 N–H and O–H groups in total. The van der Waals surface area contributed by atoms with Gasteiger partial charge in [0.05, 0.1) is 6.20 Å². The van der Waals surface area contributed by atoms with E-state index in [9.17, 15) is 0 Å². The molecule has 3 heteroatoms. The molecule has 84 valence electrons. The Morgan fingerprint density at radius 2 is 2.27 bits per heavy atom. The molecule has 1 aliphatic rings. The highest BCUT2D eigenvalue weighted by Crippen LogP contribution is 2.36. The molecular formula is C12H21N3. The highest BCUT2D eigenvalue weighted by Gasteiger charge is 2.26. The van der Waals surface area contributed by atoms with Crippen molar-refractivity contribution < 1.29 is 0 Å². The van der Waals surface area contributed by atoms with Crippen molar-refractivity contribution in [3.8, 4) is 0 Å². The van der Waals surface area contributed by atoms with Crippen molar-refractivity contribution in [2.75, 3.05) is 6.54 Å². The van der Waals surface area contributed by atoms with Gasteiger partial charge in [-0.25, -0.2) is 0 Å². The van der Waals surface area contributed by atoms with E-state index < -0.39 is 0 Å². The number of hydrogen-bond acceptors (Lipinski definition) is 2. The maximum atomic E-state index is 5.84. The Kier molecular flexibility index (Phi) is 3.41. The van der Waals surface area contributed by atoms with Crippen LogP contribution in [0.15, 0.2) is 12.4 Å². The molecule has 15 heavy (non-hydrogen) atoms. The molecule has 0 saturated heterocycles. The third kappa shape index (κ3) is 2.23. The van der Waals surface area contributed by atoms with Gasteiger partial charge in [-0.05, 0) is 43.7 Å². The number of aromatic nitrogens is 2. The Labute approximate surface area is 91.7 Å². The summed E-state index contributed by atoms with van der Waals surface area (Å²) in [7, 11) is 0. The van der Waals surface area contributed by atoms with E-state index >= 15 is 0 Å². The highest BCUT2D eigenvalue weighted by atomic mass is 15.3. The second-order valence-corrected chi connectivity index (χ2v) is 4.52. The SMILES string of the molecule is CCn1cc(C2CCCCC2CN)cn1. The lowest BCUT2D eigenvalue weighted by molar-refractivity contribution is 0.314. The van der Waals surface area contributed by atoms with Crippen LogP contribution in [0.1, 0.15) is 44.1 Å². The average Bonchev–Trinajstić information content (AvgIpc) is 2.77. The molecule has 0 amide bonds. The van der Waals surface area contributed by atoms with Crippen molar-refractivity contribution in [1.29, 1.82) is 0 Å². The Hall–Kier alpha value is -0.830. The third-order valence-corrected chi connectivity index (χ3v) is 3.62. The summed E-state index contributed by atoms with van der Waals surface area (Å²) in [6.07, 6.45) is 9.50. The Morgan fingerprint density at radius 3 is 2.93 bits per heavy atom. The molecule has 3 nitrogen and oxygen atoms in total. The fourth-order valence-corrected chi connectivity index (χ4v) is 2.67. The summed E-state index contributed by atoms with van der Waals surface area (Å²) in [6.45, 7) is 3.90. The van der Waals surface area contributed by atoms with Gasteiger partial charge in [0.25, 0.3) is 0 Å². The van der Waals surface area contributed by atoms with Crippen molar-refractivity contribution in [2.45, 2.75) is 45.1 Å². The zero-order valence-electron chi connectivity index (χ0n) is 9.52. The van der Waals surface area contributed by atoms with Crippen LogP contribution in [-0.4, -0.2) is 16.3 Å². The smallest absolute Gasteiger partial charge is 0.0524 e. The summed E-state index contributed by atoms with van der Waals surface area (Å²) in [6, 6.07) is 0. The van der Waals surface area contributed by atoms with Crippen LogP contribution in [0.25, 0.3) is 0 Å². The van der Waals surface area contributed by atoms with Gasteiger partial charge < -0.3 is 5.73 Å². The average molecular weight is 207 g/mol. The number of nitrogens with two attached hydrogens (primary N) is 1. The summed E-state index contributed by atoms with van der Waals surface area (Å²) >= 11 is 0. The molecule has 0 aromatic carbocycles. The molecule has 1 saturated carbocycles. The zero-order chi connectivity index (χ0) is 10.7. The van der Waals surface area contributed by atoms with Gasteiger partial charge in [-0.15, -0.1) is 0 Å².